The van der Waals surface area contributed by atoms with Crippen LogP contribution in [-0.4, -0.2) is 14.5 Å². The van der Waals surface area contributed by atoms with Crippen LogP contribution in [0.4, 0.5) is 0 Å². The van der Waals surface area contributed by atoms with Gasteiger partial charge in [-0.1, -0.05) is 133 Å². The molecule has 0 saturated carbocycles. The van der Waals surface area contributed by atoms with E-state index in [4.69, 9.17) is 9.97 Å². The molecule has 0 saturated heterocycles. The molecule has 0 unspecified atom stereocenters. The van der Waals surface area contributed by atoms with Crippen molar-refractivity contribution in [2.45, 2.75) is 19.6 Å². The van der Waals surface area contributed by atoms with Crippen LogP contribution in [-0.2, 0) is 0 Å². The molecule has 45 heavy (non-hydrogen) atoms. The van der Waals surface area contributed by atoms with Crippen molar-refractivity contribution in [2.24, 2.45) is 0 Å². The topological polar surface area (TPSA) is 30.7 Å². The molecule has 6 aromatic carbocycles. The minimum atomic E-state index is 0.663. The van der Waals surface area contributed by atoms with Crippen molar-refractivity contribution >= 4 is 45.3 Å². The quantitative estimate of drug-likeness (QED) is 0.198. The number of hydrogen-bond donors (Lipinski definition) is 0. The van der Waals surface area contributed by atoms with Crippen molar-refractivity contribution in [1.82, 2.24) is 14.5 Å². The van der Waals surface area contributed by atoms with Gasteiger partial charge in [-0.25, -0.2) is 9.97 Å². The molecule has 212 valence electrons. The van der Waals surface area contributed by atoms with Gasteiger partial charge >= 0.3 is 0 Å². The third kappa shape index (κ3) is 4.55. The number of hydrogen-bond acceptors (Lipinski definition) is 4. The molecule has 0 N–H and O–H groups in total. The number of nitrogens with zero attached hydrogens (tertiary/aromatic N) is 3. The van der Waals surface area contributed by atoms with Crippen LogP contribution in [0.5, 0.6) is 0 Å². The zero-order chi connectivity index (χ0) is 29.7. The van der Waals surface area contributed by atoms with Crippen LogP contribution in [0, 0.1) is 0 Å². The highest BCUT2D eigenvalue weighted by atomic mass is 32.2. The monoisotopic (exact) mass is 611 g/mol. The Morgan fingerprint density at radius 2 is 0.978 bits per heavy atom. The van der Waals surface area contributed by atoms with Gasteiger partial charge in [0.05, 0.1) is 22.4 Å². The van der Waals surface area contributed by atoms with Crippen LogP contribution < -0.4 is 0 Å². The summed E-state index contributed by atoms with van der Waals surface area (Å²) in [5.41, 5.74) is 8.50. The van der Waals surface area contributed by atoms with E-state index >= 15 is 0 Å². The Balaban J connectivity index is 1.35. The van der Waals surface area contributed by atoms with E-state index in [9.17, 15) is 0 Å². The summed E-state index contributed by atoms with van der Waals surface area (Å²) < 4.78 is 2.25. The second-order valence-corrected chi connectivity index (χ2v) is 13.2. The van der Waals surface area contributed by atoms with E-state index in [0.717, 1.165) is 33.5 Å². The summed E-state index contributed by atoms with van der Waals surface area (Å²) in [5.74, 6) is 0.663. The molecule has 5 heteroatoms. The standard InChI is InChI=1S/C40H25N3S2/c1-4-12-26(13-5-1)29-20-21-33-30(24-29)38-34(22-23-37-39(38)45-36-19-11-10-18-35(36)44-37)43(33)40-41-31(27-14-6-2-7-15-27)25-32(42-40)28-16-8-3-9-17-28/h1-25H. The molecule has 3 heterocycles. The van der Waals surface area contributed by atoms with Crippen LogP contribution >= 0.6 is 23.5 Å². The van der Waals surface area contributed by atoms with Crippen LogP contribution in [0.25, 0.3) is 61.4 Å². The average molecular weight is 612 g/mol. The van der Waals surface area contributed by atoms with Gasteiger partial charge in [-0.15, -0.1) is 0 Å². The largest absolute Gasteiger partial charge is 0.278 e. The second-order valence-electron chi connectivity index (χ2n) is 11.0. The lowest BCUT2D eigenvalue weighted by molar-refractivity contribution is 0.994. The molecule has 1 aliphatic rings. The summed E-state index contributed by atoms with van der Waals surface area (Å²) in [6, 6.07) is 53.5. The Kier molecular flexibility index (Phi) is 6.32. The molecule has 0 aliphatic carbocycles. The summed E-state index contributed by atoms with van der Waals surface area (Å²) in [6.45, 7) is 0. The smallest absolute Gasteiger partial charge is 0.235 e. The van der Waals surface area contributed by atoms with Crippen LogP contribution in [0.1, 0.15) is 0 Å². The van der Waals surface area contributed by atoms with E-state index in [0.29, 0.717) is 5.95 Å². The fourth-order valence-electron chi connectivity index (χ4n) is 6.16. The van der Waals surface area contributed by atoms with E-state index in [1.165, 1.54) is 41.5 Å². The normalized spacial score (nSPS) is 12.3. The molecule has 0 radical (unpaired) electrons. The van der Waals surface area contributed by atoms with Gasteiger partial charge in [-0.3, -0.25) is 4.57 Å². The minimum Gasteiger partial charge on any atom is -0.278 e. The Bertz CT molecular complexity index is 2310. The van der Waals surface area contributed by atoms with Crippen LogP contribution in [0.3, 0.4) is 0 Å². The average Bonchev–Trinajstić information content (AvgIpc) is 3.46. The van der Waals surface area contributed by atoms with Crippen molar-refractivity contribution in [3.8, 4) is 39.6 Å². The highest BCUT2D eigenvalue weighted by Gasteiger charge is 2.25. The first-order valence-corrected chi connectivity index (χ1v) is 16.6. The molecule has 2 aromatic heterocycles. The SMILES string of the molecule is c1ccc(-c2ccc3c(c2)c2c4c(ccc2n3-c2nc(-c3ccccc3)cc(-c3ccccc3)n2)Sc2ccccc2S4)cc1. The highest BCUT2D eigenvalue weighted by molar-refractivity contribution is 8.05. The summed E-state index contributed by atoms with van der Waals surface area (Å²) >= 11 is 3.71. The number of aromatic nitrogens is 3. The van der Waals surface area contributed by atoms with Crippen molar-refractivity contribution in [3.05, 3.63) is 152 Å². The van der Waals surface area contributed by atoms with Gasteiger partial charge in [0.15, 0.2) is 0 Å². The van der Waals surface area contributed by atoms with Gasteiger partial charge in [0.2, 0.25) is 5.95 Å². The predicted octanol–water partition coefficient (Wildman–Crippen LogP) is 11.2. The Morgan fingerprint density at radius 3 is 1.62 bits per heavy atom. The molecule has 0 atom stereocenters. The van der Waals surface area contributed by atoms with Crippen molar-refractivity contribution in [3.63, 3.8) is 0 Å². The fourth-order valence-corrected chi connectivity index (χ4v) is 8.57. The molecule has 0 bridgehead atoms. The third-order valence-corrected chi connectivity index (χ3v) is 10.9. The lowest BCUT2D eigenvalue weighted by Crippen LogP contribution is -2.04. The molecule has 0 spiro atoms. The maximum Gasteiger partial charge on any atom is 0.235 e. The minimum absolute atomic E-state index is 0.663. The van der Waals surface area contributed by atoms with E-state index < -0.39 is 0 Å². The molecule has 9 rings (SSSR count). The van der Waals surface area contributed by atoms with Crippen LogP contribution in [0.15, 0.2) is 171 Å². The lowest BCUT2D eigenvalue weighted by Gasteiger charge is -2.19. The van der Waals surface area contributed by atoms with Gasteiger partial charge in [0.1, 0.15) is 0 Å². The molecular weight excluding hydrogens is 587 g/mol. The Labute approximate surface area is 269 Å². The molecule has 3 nitrogen and oxygen atoms in total. The summed E-state index contributed by atoms with van der Waals surface area (Å²) in [6.07, 6.45) is 0. The molecular formula is C40H25N3S2. The summed E-state index contributed by atoms with van der Waals surface area (Å²) in [5, 5.41) is 2.44. The van der Waals surface area contributed by atoms with Gasteiger partial charge in [-0.05, 0) is 53.6 Å². The van der Waals surface area contributed by atoms with Crippen molar-refractivity contribution in [1.29, 1.82) is 0 Å². The maximum atomic E-state index is 5.24. The van der Waals surface area contributed by atoms with Gasteiger partial charge in [0, 0.05) is 41.5 Å². The lowest BCUT2D eigenvalue weighted by atomic mass is 10.0. The first-order chi connectivity index (χ1) is 22.3. The Hall–Kier alpha value is -5.10. The zero-order valence-electron chi connectivity index (χ0n) is 24.1. The van der Waals surface area contributed by atoms with Gasteiger partial charge < -0.3 is 0 Å². The highest BCUT2D eigenvalue weighted by Crippen LogP contribution is 2.53. The van der Waals surface area contributed by atoms with Gasteiger partial charge in [-0.2, -0.15) is 0 Å². The fraction of sp³-hybridized carbons (Fsp3) is 0. The van der Waals surface area contributed by atoms with E-state index in [1.54, 1.807) is 0 Å². The number of benzene rings is 6. The van der Waals surface area contributed by atoms with Crippen molar-refractivity contribution in [2.75, 3.05) is 0 Å². The zero-order valence-corrected chi connectivity index (χ0v) is 25.7. The number of fused-ring (bicyclic) bond motifs is 6. The van der Waals surface area contributed by atoms with Crippen molar-refractivity contribution < 1.29 is 0 Å². The molecule has 1 aliphatic heterocycles. The molecule has 0 amide bonds. The summed E-state index contributed by atoms with van der Waals surface area (Å²) in [4.78, 5) is 15.6. The molecule has 8 aromatic rings. The maximum absolute atomic E-state index is 5.24. The number of rotatable bonds is 4. The van der Waals surface area contributed by atoms with E-state index in [-0.39, 0.29) is 0 Å². The summed E-state index contributed by atoms with van der Waals surface area (Å²) in [7, 11) is 0. The predicted molar refractivity (Wildman–Crippen MR) is 187 cm³/mol. The second kappa shape index (κ2) is 10.8. The molecule has 0 fully saturated rings. The third-order valence-electron chi connectivity index (χ3n) is 8.29. The van der Waals surface area contributed by atoms with Crippen LogP contribution in [0.2, 0.25) is 0 Å². The first kappa shape index (κ1) is 26.3. The Morgan fingerprint density at radius 1 is 0.422 bits per heavy atom. The van der Waals surface area contributed by atoms with Gasteiger partial charge in [0.25, 0.3) is 0 Å². The first-order valence-electron chi connectivity index (χ1n) is 14.9. The van der Waals surface area contributed by atoms with E-state index in [1.807, 2.05) is 35.7 Å². The van der Waals surface area contributed by atoms with E-state index in [2.05, 4.69) is 144 Å².